The molecule has 61 heavy (non-hydrogen) atoms. The predicted octanol–water partition coefficient (Wildman–Crippen LogP) is 5.98. The topological polar surface area (TPSA) is 175 Å². The third kappa shape index (κ3) is 9.90. The smallest absolute Gasteiger partial charge is 0.320 e. The van der Waals surface area contributed by atoms with Crippen LogP contribution in [-0.2, 0) is 43.2 Å². The van der Waals surface area contributed by atoms with E-state index in [1.165, 1.54) is 16.2 Å². The number of nitrogens with one attached hydrogen (secondary N) is 2. The summed E-state index contributed by atoms with van der Waals surface area (Å²) in [6.45, 7) is 15.3. The fraction of sp³-hybridized carbons (Fsp3) is 0.533. The van der Waals surface area contributed by atoms with Gasteiger partial charge in [0.25, 0.3) is 12.4 Å². The fourth-order valence-corrected chi connectivity index (χ4v) is 9.31. The standard InChI is InChI=1S/C45H59N9O6S/c1-9-53-37-15-14-31(19-33(37)34(21-45(5,6)26-60-27-55)41(53)32-13-12-16-47-39(32)29(4)59-8)36-25-61-38(49-36)20-35(43(57)54-18-11-10-17-48-54)50-42(56)40(28(2)3)51(7)44(58)52-23-30(22-46)24-52/h12-16,19,25,27-30,35,40,48H,9-11,17-18,20-21,23-24,26H2,1-8H3,(H,50,56). The number of nitriles is 1. The van der Waals surface area contributed by atoms with Crippen molar-refractivity contribution in [3.8, 4) is 28.6 Å². The maximum absolute atomic E-state index is 14.1. The van der Waals surface area contributed by atoms with Crippen molar-refractivity contribution in [1.82, 2.24) is 40.1 Å². The lowest BCUT2D eigenvalue weighted by molar-refractivity contribution is -0.141. The van der Waals surface area contributed by atoms with Crippen molar-refractivity contribution < 1.29 is 28.7 Å². The number of rotatable bonds is 17. The Morgan fingerprint density at radius 2 is 1.95 bits per heavy atom. The van der Waals surface area contributed by atoms with Crippen molar-refractivity contribution in [3.63, 3.8) is 0 Å². The number of thiazole rings is 1. The van der Waals surface area contributed by atoms with Crippen LogP contribution in [0.25, 0.3) is 33.4 Å². The highest BCUT2D eigenvalue weighted by atomic mass is 32.1. The van der Waals surface area contributed by atoms with Gasteiger partial charge in [0, 0.05) is 92.3 Å². The molecule has 2 fully saturated rings. The third-order valence-electron chi connectivity index (χ3n) is 11.7. The Bertz CT molecular complexity index is 2250. The van der Waals surface area contributed by atoms with Gasteiger partial charge in [0.1, 0.15) is 12.1 Å². The Hall–Kier alpha value is -5.37. The van der Waals surface area contributed by atoms with Crippen molar-refractivity contribution in [1.29, 1.82) is 5.26 Å². The molecule has 3 atom stereocenters. The first-order valence-electron chi connectivity index (χ1n) is 21.1. The van der Waals surface area contributed by atoms with E-state index in [4.69, 9.17) is 19.4 Å². The van der Waals surface area contributed by atoms with Crippen LogP contribution in [0.3, 0.4) is 0 Å². The number of fused-ring (bicyclic) bond motifs is 1. The number of ether oxygens (including phenoxy) is 2. The summed E-state index contributed by atoms with van der Waals surface area (Å²) in [6, 6.07) is 10.4. The summed E-state index contributed by atoms with van der Waals surface area (Å²) in [7, 11) is 3.27. The lowest BCUT2D eigenvalue weighted by Gasteiger charge is -2.41. The monoisotopic (exact) mass is 853 g/mol. The number of carbonyl (C=O) groups excluding carboxylic acids is 4. The highest BCUT2D eigenvalue weighted by Gasteiger charge is 2.39. The molecule has 5 heterocycles. The van der Waals surface area contributed by atoms with E-state index >= 15 is 0 Å². The Morgan fingerprint density at radius 1 is 1.18 bits per heavy atom. The van der Waals surface area contributed by atoms with E-state index in [-0.39, 0.29) is 42.9 Å². The summed E-state index contributed by atoms with van der Waals surface area (Å²) >= 11 is 1.42. The van der Waals surface area contributed by atoms with Crippen LogP contribution >= 0.6 is 11.3 Å². The Morgan fingerprint density at radius 3 is 2.61 bits per heavy atom. The van der Waals surface area contributed by atoms with Crippen molar-refractivity contribution in [2.75, 3.05) is 46.9 Å². The molecule has 0 saturated carbocycles. The summed E-state index contributed by atoms with van der Waals surface area (Å²) < 4.78 is 13.4. The molecule has 2 aliphatic rings. The zero-order valence-electron chi connectivity index (χ0n) is 36.6. The van der Waals surface area contributed by atoms with Gasteiger partial charge >= 0.3 is 6.03 Å². The second-order valence-corrected chi connectivity index (χ2v) is 18.1. The van der Waals surface area contributed by atoms with E-state index in [1.54, 1.807) is 30.3 Å². The molecule has 4 amide bonds. The molecule has 2 aliphatic heterocycles. The first-order chi connectivity index (χ1) is 29.2. The normalized spacial score (nSPS) is 16.1. The minimum atomic E-state index is -0.942. The average molecular weight is 854 g/mol. The molecule has 0 bridgehead atoms. The van der Waals surface area contributed by atoms with Gasteiger partial charge in [-0.3, -0.25) is 24.4 Å². The van der Waals surface area contributed by atoms with Crippen molar-refractivity contribution in [3.05, 3.63) is 58.2 Å². The van der Waals surface area contributed by atoms with Crippen molar-refractivity contribution in [2.45, 2.75) is 92.0 Å². The second-order valence-electron chi connectivity index (χ2n) is 17.2. The Kier molecular flexibility index (Phi) is 14.5. The number of urea groups is 1. The van der Waals surface area contributed by atoms with Gasteiger partial charge < -0.3 is 29.2 Å². The van der Waals surface area contributed by atoms with Crippen LogP contribution in [0.5, 0.6) is 0 Å². The second kappa shape index (κ2) is 19.6. The van der Waals surface area contributed by atoms with Gasteiger partial charge in [-0.2, -0.15) is 5.26 Å². The predicted molar refractivity (Wildman–Crippen MR) is 234 cm³/mol. The number of hydrogen-bond donors (Lipinski definition) is 2. The van der Waals surface area contributed by atoms with Crippen LogP contribution in [0, 0.1) is 28.6 Å². The molecule has 16 heteroatoms. The van der Waals surface area contributed by atoms with Gasteiger partial charge in [-0.25, -0.2) is 15.2 Å². The SMILES string of the molecule is CCn1c(-c2cccnc2C(C)OC)c(CC(C)(C)COC=O)c2cc(-c3csc(CC(NC(=O)C(C(C)C)N(C)C(=O)N4CC(C#N)C4)C(=O)N4CCCCN4)n3)ccc21. The first-order valence-corrected chi connectivity index (χ1v) is 22.0. The summed E-state index contributed by atoms with van der Waals surface area (Å²) in [5.41, 5.74) is 9.39. The van der Waals surface area contributed by atoms with Gasteiger partial charge in [0.15, 0.2) is 0 Å². The van der Waals surface area contributed by atoms with E-state index in [1.807, 2.05) is 32.2 Å². The molecule has 4 aromatic rings. The Labute approximate surface area is 362 Å². The lowest BCUT2D eigenvalue weighted by Crippen LogP contribution is -2.62. The quantitative estimate of drug-likeness (QED) is 0.120. The highest BCUT2D eigenvalue weighted by Crippen LogP contribution is 2.42. The molecular weight excluding hydrogens is 795 g/mol. The molecule has 6 rings (SSSR count). The van der Waals surface area contributed by atoms with Gasteiger partial charge in [0.2, 0.25) is 5.91 Å². The summed E-state index contributed by atoms with van der Waals surface area (Å²) in [5.74, 6) is -1.16. The third-order valence-corrected chi connectivity index (χ3v) is 12.6. The average Bonchev–Trinajstić information content (AvgIpc) is 3.83. The number of likely N-dealkylation sites (tertiary alicyclic amines) is 1. The number of likely N-dealkylation sites (N-methyl/N-ethyl adjacent to an activating group) is 1. The van der Waals surface area contributed by atoms with Gasteiger partial charge in [-0.15, -0.1) is 11.3 Å². The van der Waals surface area contributed by atoms with Crippen molar-refractivity contribution >= 4 is 46.6 Å². The van der Waals surface area contributed by atoms with Gasteiger partial charge in [0.05, 0.1) is 46.8 Å². The van der Waals surface area contributed by atoms with Crippen LogP contribution in [0.4, 0.5) is 4.79 Å². The zero-order valence-corrected chi connectivity index (χ0v) is 37.4. The van der Waals surface area contributed by atoms with Gasteiger partial charge in [-0.1, -0.05) is 33.8 Å². The van der Waals surface area contributed by atoms with E-state index in [9.17, 15) is 24.4 Å². The van der Waals surface area contributed by atoms with E-state index < -0.39 is 23.4 Å². The lowest BCUT2D eigenvalue weighted by atomic mass is 9.84. The van der Waals surface area contributed by atoms with E-state index in [0.717, 1.165) is 57.5 Å². The fourth-order valence-electron chi connectivity index (χ4n) is 8.46. The molecule has 2 saturated heterocycles. The van der Waals surface area contributed by atoms with Gasteiger partial charge in [-0.05, 0) is 68.9 Å². The number of nitrogens with zero attached hydrogens (tertiary/aromatic N) is 7. The Balaban J connectivity index is 1.34. The van der Waals surface area contributed by atoms with Crippen LogP contribution < -0.4 is 10.7 Å². The highest BCUT2D eigenvalue weighted by molar-refractivity contribution is 7.10. The minimum absolute atomic E-state index is 0.155. The number of pyridine rings is 1. The van der Waals surface area contributed by atoms with E-state index in [2.05, 4.69) is 66.4 Å². The summed E-state index contributed by atoms with van der Waals surface area (Å²) in [6.07, 6.45) is 4.07. The molecule has 15 nitrogen and oxygen atoms in total. The molecule has 2 N–H and O–H groups in total. The molecule has 0 spiro atoms. The number of methoxy groups -OCH3 is 1. The number of aromatic nitrogens is 3. The number of benzene rings is 1. The molecule has 0 aliphatic carbocycles. The maximum atomic E-state index is 14.1. The summed E-state index contributed by atoms with van der Waals surface area (Å²) in [5, 5.41) is 17.5. The molecule has 3 unspecified atom stereocenters. The molecule has 3 aromatic heterocycles. The maximum Gasteiger partial charge on any atom is 0.320 e. The van der Waals surface area contributed by atoms with Crippen LogP contribution in [0.1, 0.15) is 76.8 Å². The molecular formula is C45H59N9O6S. The van der Waals surface area contributed by atoms with Crippen molar-refractivity contribution in [2.24, 2.45) is 17.3 Å². The van der Waals surface area contributed by atoms with E-state index in [0.29, 0.717) is 50.6 Å². The number of hydrazine groups is 1. The number of aryl methyl sites for hydroxylation is 1. The van der Waals surface area contributed by atoms with Crippen LogP contribution in [0.2, 0.25) is 0 Å². The van der Waals surface area contributed by atoms with Crippen LogP contribution in [0.15, 0.2) is 41.9 Å². The minimum Gasteiger partial charge on any atom is -0.467 e. The van der Waals surface area contributed by atoms with Crippen LogP contribution in [-0.4, -0.2) is 113 Å². The molecule has 0 radical (unpaired) electrons. The molecule has 326 valence electrons. The zero-order chi connectivity index (χ0) is 44.0. The molecule has 1 aromatic carbocycles. The number of hydrogen-bond acceptors (Lipinski definition) is 11. The summed E-state index contributed by atoms with van der Waals surface area (Å²) in [4.78, 5) is 65.7. The number of amides is 4. The number of carbonyl (C=O) groups is 4. The largest absolute Gasteiger partial charge is 0.467 e. The first kappa shape index (κ1) is 45.2.